The number of aliphatic imine (C=N–C) groups is 1. The third-order valence-corrected chi connectivity index (χ3v) is 3.65. The third kappa shape index (κ3) is 5.76. The lowest BCUT2D eigenvalue weighted by atomic mass is 10.3. The Bertz CT molecular complexity index is 735. The molecule has 0 saturated heterocycles. The van der Waals surface area contributed by atoms with Crippen LogP contribution in [-0.2, 0) is 0 Å². The predicted molar refractivity (Wildman–Crippen MR) is 89.9 cm³/mol. The van der Waals surface area contributed by atoms with Crippen LogP contribution in [0.5, 0.6) is 5.75 Å². The number of hydrogen-bond donors (Lipinski definition) is 2. The Balaban J connectivity index is 2.16. The number of nitrogens with zero attached hydrogens (tertiary/aromatic N) is 1. The molecule has 0 aliphatic rings. The van der Waals surface area contributed by atoms with E-state index in [9.17, 15) is 13.2 Å². The van der Waals surface area contributed by atoms with E-state index in [0.717, 1.165) is 8.95 Å². The van der Waals surface area contributed by atoms with Gasteiger partial charge in [0.2, 0.25) is 0 Å². The van der Waals surface area contributed by atoms with Crippen LogP contribution < -0.4 is 15.8 Å². The molecule has 2 rings (SSSR count). The summed E-state index contributed by atoms with van der Waals surface area (Å²) in [4.78, 5) is 4.16. The zero-order chi connectivity index (χ0) is 17.0. The van der Waals surface area contributed by atoms with Gasteiger partial charge in [0.15, 0.2) is 5.96 Å². The fraction of sp³-hybridized carbons (Fsp3) is 0.0714. The number of guanidine groups is 1. The molecule has 0 atom stereocenters. The number of halogens is 5. The molecular weight excluding hydrogens is 443 g/mol. The third-order valence-electron chi connectivity index (χ3n) is 2.49. The van der Waals surface area contributed by atoms with Crippen molar-refractivity contribution in [3.8, 4) is 5.75 Å². The van der Waals surface area contributed by atoms with Crippen LogP contribution in [-0.4, -0.2) is 12.3 Å². The highest BCUT2D eigenvalue weighted by Crippen LogP contribution is 2.29. The Hall–Kier alpha value is -1.74. The highest BCUT2D eigenvalue weighted by molar-refractivity contribution is 9.11. The van der Waals surface area contributed by atoms with Gasteiger partial charge in [0.1, 0.15) is 5.75 Å². The first-order valence-electron chi connectivity index (χ1n) is 6.15. The molecule has 0 heterocycles. The first-order chi connectivity index (χ1) is 10.7. The summed E-state index contributed by atoms with van der Waals surface area (Å²) in [5.41, 5.74) is 6.65. The number of nitrogens with two attached hydrogens (primary N) is 1. The van der Waals surface area contributed by atoms with Crippen molar-refractivity contribution < 1.29 is 17.9 Å². The van der Waals surface area contributed by atoms with E-state index in [1.54, 1.807) is 18.2 Å². The zero-order valence-corrected chi connectivity index (χ0v) is 14.5. The Labute approximate surface area is 146 Å². The SMILES string of the molecule is NC(=Nc1cc(Br)ccc1Br)Nc1cccc(OC(F)(F)F)c1. The van der Waals surface area contributed by atoms with Crippen LogP contribution in [0.15, 0.2) is 56.4 Å². The van der Waals surface area contributed by atoms with Crippen LogP contribution >= 0.6 is 31.9 Å². The highest BCUT2D eigenvalue weighted by atomic mass is 79.9. The molecule has 0 aliphatic heterocycles. The summed E-state index contributed by atoms with van der Waals surface area (Å²) in [7, 11) is 0. The monoisotopic (exact) mass is 451 g/mol. The van der Waals surface area contributed by atoms with E-state index in [1.807, 2.05) is 6.07 Å². The van der Waals surface area contributed by atoms with Crippen molar-refractivity contribution in [2.75, 3.05) is 5.32 Å². The molecule has 2 aromatic carbocycles. The molecule has 0 radical (unpaired) electrons. The molecule has 0 amide bonds. The summed E-state index contributed by atoms with van der Waals surface area (Å²) >= 11 is 6.65. The van der Waals surface area contributed by atoms with Crippen LogP contribution in [0.4, 0.5) is 24.5 Å². The average molecular weight is 453 g/mol. The molecule has 9 heteroatoms. The van der Waals surface area contributed by atoms with Crippen LogP contribution in [0.3, 0.4) is 0 Å². The van der Waals surface area contributed by atoms with Crippen molar-refractivity contribution in [3.63, 3.8) is 0 Å². The number of benzene rings is 2. The smallest absolute Gasteiger partial charge is 0.406 e. The van der Waals surface area contributed by atoms with E-state index in [1.165, 1.54) is 18.2 Å². The van der Waals surface area contributed by atoms with E-state index < -0.39 is 6.36 Å². The standard InChI is InChI=1S/C14H10Br2F3N3O/c15-8-4-5-11(16)12(6-8)22-13(20)21-9-2-1-3-10(7-9)23-14(17,18)19/h1-7H,(H3,20,21,22). The average Bonchev–Trinajstić information content (AvgIpc) is 2.41. The lowest BCUT2D eigenvalue weighted by Crippen LogP contribution is -2.22. The molecule has 2 aromatic rings. The summed E-state index contributed by atoms with van der Waals surface area (Å²) in [6.07, 6.45) is -4.75. The minimum atomic E-state index is -4.75. The van der Waals surface area contributed by atoms with Gasteiger partial charge in [-0.15, -0.1) is 13.2 Å². The lowest BCUT2D eigenvalue weighted by Gasteiger charge is -2.11. The van der Waals surface area contributed by atoms with Gasteiger partial charge in [-0.05, 0) is 46.3 Å². The number of anilines is 1. The number of rotatable bonds is 3. The van der Waals surface area contributed by atoms with E-state index in [0.29, 0.717) is 11.4 Å². The van der Waals surface area contributed by atoms with Crippen molar-refractivity contribution in [1.29, 1.82) is 0 Å². The first kappa shape index (κ1) is 17.6. The first-order valence-corrected chi connectivity index (χ1v) is 7.73. The van der Waals surface area contributed by atoms with Crippen molar-refractivity contribution >= 4 is 49.2 Å². The maximum Gasteiger partial charge on any atom is 0.573 e. The molecule has 0 saturated carbocycles. The topological polar surface area (TPSA) is 59.6 Å². The Morgan fingerprint density at radius 1 is 1.13 bits per heavy atom. The highest BCUT2D eigenvalue weighted by Gasteiger charge is 2.31. The van der Waals surface area contributed by atoms with Gasteiger partial charge in [-0.3, -0.25) is 0 Å². The van der Waals surface area contributed by atoms with Gasteiger partial charge in [-0.1, -0.05) is 22.0 Å². The Morgan fingerprint density at radius 2 is 1.87 bits per heavy atom. The van der Waals surface area contributed by atoms with Crippen LogP contribution in [0.2, 0.25) is 0 Å². The normalized spacial score (nSPS) is 12.1. The fourth-order valence-corrected chi connectivity index (χ4v) is 2.33. The molecule has 0 fully saturated rings. The second-order valence-electron chi connectivity index (χ2n) is 4.29. The van der Waals surface area contributed by atoms with Crippen molar-refractivity contribution in [3.05, 3.63) is 51.4 Å². The Morgan fingerprint density at radius 3 is 2.57 bits per heavy atom. The molecular formula is C14H10Br2F3N3O. The lowest BCUT2D eigenvalue weighted by molar-refractivity contribution is -0.274. The molecule has 0 spiro atoms. The van der Waals surface area contributed by atoms with Crippen molar-refractivity contribution in [2.24, 2.45) is 10.7 Å². The number of alkyl halides is 3. The van der Waals surface area contributed by atoms with Crippen LogP contribution in [0, 0.1) is 0 Å². The van der Waals surface area contributed by atoms with Gasteiger partial charge >= 0.3 is 6.36 Å². The van der Waals surface area contributed by atoms with Crippen LogP contribution in [0.25, 0.3) is 0 Å². The maximum atomic E-state index is 12.2. The van der Waals surface area contributed by atoms with E-state index >= 15 is 0 Å². The molecule has 0 bridgehead atoms. The van der Waals surface area contributed by atoms with Crippen molar-refractivity contribution in [2.45, 2.75) is 6.36 Å². The minimum absolute atomic E-state index is 0.0213. The van der Waals surface area contributed by atoms with Crippen LogP contribution in [0.1, 0.15) is 0 Å². The molecule has 122 valence electrons. The van der Waals surface area contributed by atoms with Gasteiger partial charge in [-0.25, -0.2) is 4.99 Å². The maximum absolute atomic E-state index is 12.2. The number of ether oxygens (including phenoxy) is 1. The summed E-state index contributed by atoms with van der Waals surface area (Å²) in [6.45, 7) is 0. The van der Waals surface area contributed by atoms with Gasteiger partial charge in [0.25, 0.3) is 0 Å². The second-order valence-corrected chi connectivity index (χ2v) is 6.06. The molecule has 4 nitrogen and oxygen atoms in total. The van der Waals surface area contributed by atoms with Gasteiger partial charge in [-0.2, -0.15) is 0 Å². The van der Waals surface area contributed by atoms with Gasteiger partial charge in [0, 0.05) is 20.7 Å². The quantitative estimate of drug-likeness (QED) is 0.499. The molecule has 0 unspecified atom stereocenters. The fourth-order valence-electron chi connectivity index (χ4n) is 1.65. The second kappa shape index (κ2) is 7.22. The molecule has 0 aromatic heterocycles. The minimum Gasteiger partial charge on any atom is -0.406 e. The molecule has 3 N–H and O–H groups in total. The molecule has 23 heavy (non-hydrogen) atoms. The van der Waals surface area contributed by atoms with Gasteiger partial charge in [0.05, 0.1) is 5.69 Å². The number of nitrogens with one attached hydrogen (secondary N) is 1. The Kier molecular flexibility index (Phi) is 5.53. The summed E-state index contributed by atoms with van der Waals surface area (Å²) in [6, 6.07) is 10.7. The summed E-state index contributed by atoms with van der Waals surface area (Å²) < 4.78 is 42.0. The van der Waals surface area contributed by atoms with Crippen molar-refractivity contribution in [1.82, 2.24) is 0 Å². The van der Waals surface area contributed by atoms with E-state index in [4.69, 9.17) is 5.73 Å². The summed E-state index contributed by atoms with van der Waals surface area (Å²) in [5, 5.41) is 2.71. The summed E-state index contributed by atoms with van der Waals surface area (Å²) in [5.74, 6) is -0.327. The van der Waals surface area contributed by atoms with E-state index in [2.05, 4.69) is 46.9 Å². The largest absolute Gasteiger partial charge is 0.573 e. The predicted octanol–water partition coefficient (Wildman–Crippen LogP) is 5.17. The zero-order valence-electron chi connectivity index (χ0n) is 11.4. The number of hydrogen-bond acceptors (Lipinski definition) is 2. The molecule has 0 aliphatic carbocycles. The van der Waals surface area contributed by atoms with Gasteiger partial charge < -0.3 is 15.8 Å². The van der Waals surface area contributed by atoms with E-state index in [-0.39, 0.29) is 11.7 Å².